The number of thiophene rings is 1. The van der Waals surface area contributed by atoms with E-state index in [0.29, 0.717) is 28.1 Å². The average Bonchev–Trinajstić information content (AvgIpc) is 3.32. The summed E-state index contributed by atoms with van der Waals surface area (Å²) >= 11 is 2.64. The number of ether oxygens (including phenoxy) is 1. The van der Waals surface area contributed by atoms with Crippen LogP contribution >= 0.6 is 23.1 Å². The Morgan fingerprint density at radius 1 is 1.24 bits per heavy atom. The molecule has 3 rings (SSSR count). The van der Waals surface area contributed by atoms with Crippen LogP contribution < -0.4 is 10.2 Å². The highest BCUT2D eigenvalue weighted by atomic mass is 32.2. The van der Waals surface area contributed by atoms with Gasteiger partial charge in [0.2, 0.25) is 5.91 Å². The largest absolute Gasteiger partial charge is 0.465 e. The predicted octanol–water partition coefficient (Wildman–Crippen LogP) is 4.39. The van der Waals surface area contributed by atoms with Crippen molar-refractivity contribution < 1.29 is 14.3 Å². The highest BCUT2D eigenvalue weighted by Gasteiger charge is 2.22. The van der Waals surface area contributed by atoms with Crippen LogP contribution in [-0.4, -0.2) is 53.6 Å². The van der Waals surface area contributed by atoms with Crippen LogP contribution in [0.4, 0.5) is 10.7 Å². The lowest BCUT2D eigenvalue weighted by Gasteiger charge is -2.13. The Labute approximate surface area is 201 Å². The molecule has 1 N–H and O–H groups in total. The molecule has 0 saturated carbocycles. The van der Waals surface area contributed by atoms with Crippen molar-refractivity contribution in [2.24, 2.45) is 0 Å². The van der Waals surface area contributed by atoms with Crippen molar-refractivity contribution in [3.63, 3.8) is 0 Å². The molecule has 0 unspecified atom stereocenters. The molecule has 0 aliphatic heterocycles. The summed E-state index contributed by atoms with van der Waals surface area (Å²) in [6.45, 7) is 8.09. The zero-order valence-corrected chi connectivity index (χ0v) is 21.0. The van der Waals surface area contributed by atoms with Crippen molar-refractivity contribution >= 4 is 45.7 Å². The summed E-state index contributed by atoms with van der Waals surface area (Å²) in [6, 6.07) is 8.03. The van der Waals surface area contributed by atoms with E-state index in [9.17, 15) is 9.59 Å². The van der Waals surface area contributed by atoms with Crippen LogP contribution in [0.5, 0.6) is 0 Å². The number of nitrogens with one attached hydrogen (secondary N) is 1. The van der Waals surface area contributed by atoms with Gasteiger partial charge in [-0.1, -0.05) is 17.8 Å². The van der Waals surface area contributed by atoms with E-state index in [1.165, 1.54) is 30.2 Å². The van der Waals surface area contributed by atoms with Gasteiger partial charge < -0.3 is 15.0 Å². The number of benzene rings is 1. The Morgan fingerprint density at radius 3 is 2.55 bits per heavy atom. The Hall–Kier alpha value is -3.11. The topological polar surface area (TPSA) is 89.3 Å². The van der Waals surface area contributed by atoms with Crippen molar-refractivity contribution in [1.82, 2.24) is 14.8 Å². The van der Waals surface area contributed by atoms with Gasteiger partial charge in [-0.3, -0.25) is 9.36 Å². The molecule has 2 aromatic heterocycles. The molecule has 1 aromatic carbocycles. The summed E-state index contributed by atoms with van der Waals surface area (Å²) in [6.07, 6.45) is 1.77. The van der Waals surface area contributed by atoms with Crippen LogP contribution in [0.15, 0.2) is 42.1 Å². The molecule has 10 heteroatoms. The second-order valence-electron chi connectivity index (χ2n) is 7.46. The maximum Gasteiger partial charge on any atom is 0.341 e. The fourth-order valence-electron chi connectivity index (χ4n) is 3.17. The number of aromatic nitrogens is 3. The van der Waals surface area contributed by atoms with Gasteiger partial charge >= 0.3 is 5.97 Å². The Morgan fingerprint density at radius 2 is 1.94 bits per heavy atom. The smallest absolute Gasteiger partial charge is 0.341 e. The van der Waals surface area contributed by atoms with Crippen molar-refractivity contribution in [1.29, 1.82) is 0 Å². The van der Waals surface area contributed by atoms with E-state index in [-0.39, 0.29) is 11.7 Å². The Balaban J connectivity index is 1.75. The first kappa shape index (κ1) is 24.5. The number of hydrogen-bond donors (Lipinski definition) is 1. The highest BCUT2D eigenvalue weighted by Crippen LogP contribution is 2.33. The molecule has 8 nitrogen and oxygen atoms in total. The third-order valence-corrected chi connectivity index (χ3v) is 7.12. The zero-order chi connectivity index (χ0) is 24.1. The molecule has 0 saturated heterocycles. The van der Waals surface area contributed by atoms with Crippen LogP contribution in [0.1, 0.15) is 20.8 Å². The number of anilines is 2. The minimum absolute atomic E-state index is 0.117. The molecule has 3 aromatic rings. The van der Waals surface area contributed by atoms with E-state index in [4.69, 9.17) is 4.74 Å². The van der Waals surface area contributed by atoms with Crippen molar-refractivity contribution in [2.75, 3.05) is 37.2 Å². The van der Waals surface area contributed by atoms with Gasteiger partial charge in [0.05, 0.1) is 18.4 Å². The summed E-state index contributed by atoms with van der Waals surface area (Å²) < 4.78 is 6.79. The molecule has 0 spiro atoms. The van der Waals surface area contributed by atoms with E-state index >= 15 is 0 Å². The number of rotatable bonds is 9. The van der Waals surface area contributed by atoms with Crippen LogP contribution in [0.25, 0.3) is 11.4 Å². The van der Waals surface area contributed by atoms with E-state index < -0.39 is 5.97 Å². The summed E-state index contributed by atoms with van der Waals surface area (Å²) in [5, 5.41) is 12.6. The number of nitrogens with zero attached hydrogens (tertiary/aromatic N) is 4. The molecule has 33 heavy (non-hydrogen) atoms. The summed E-state index contributed by atoms with van der Waals surface area (Å²) in [5.41, 5.74) is 3.23. The molecule has 2 heterocycles. The number of hydrogen-bond acceptors (Lipinski definition) is 8. The second-order valence-corrected chi connectivity index (χ2v) is 9.63. The lowest BCUT2D eigenvalue weighted by atomic mass is 10.1. The molecule has 174 valence electrons. The van der Waals surface area contributed by atoms with E-state index in [0.717, 1.165) is 21.7 Å². The first-order valence-electron chi connectivity index (χ1n) is 10.2. The quantitative estimate of drug-likeness (QED) is 0.273. The van der Waals surface area contributed by atoms with Gasteiger partial charge in [-0.15, -0.1) is 28.1 Å². The standard InChI is InChI=1S/C23H27N5O3S2/c1-7-12-28-20(16-8-10-17(11-9-16)27(4)5)25-26-23(28)32-13-18(29)24-21-19(22(30)31-6)14(2)15(3)33-21/h7-11H,1,12-13H2,2-6H3,(H,24,29). The molecule has 0 radical (unpaired) electrons. The van der Waals surface area contributed by atoms with Gasteiger partial charge in [0.1, 0.15) is 5.00 Å². The zero-order valence-electron chi connectivity index (χ0n) is 19.3. The monoisotopic (exact) mass is 485 g/mol. The molecular formula is C23H27N5O3S2. The number of thioether (sulfide) groups is 1. The average molecular weight is 486 g/mol. The number of esters is 1. The van der Waals surface area contributed by atoms with Crippen molar-refractivity contribution in [3.05, 3.63) is 52.9 Å². The normalized spacial score (nSPS) is 10.7. The molecule has 1 amide bonds. The number of carbonyl (C=O) groups is 2. The molecular weight excluding hydrogens is 458 g/mol. The minimum atomic E-state index is -0.463. The number of allylic oxidation sites excluding steroid dienone is 1. The fourth-order valence-corrected chi connectivity index (χ4v) is 4.98. The first-order chi connectivity index (χ1) is 15.8. The van der Waals surface area contributed by atoms with Gasteiger partial charge in [0.25, 0.3) is 0 Å². The number of carbonyl (C=O) groups excluding carboxylic acids is 2. The molecule has 0 aliphatic carbocycles. The first-order valence-corrected chi connectivity index (χ1v) is 12.0. The number of aryl methyl sites for hydroxylation is 1. The second kappa shape index (κ2) is 10.7. The number of amides is 1. The van der Waals surface area contributed by atoms with Gasteiger partial charge in [-0.05, 0) is 43.7 Å². The predicted molar refractivity (Wildman–Crippen MR) is 134 cm³/mol. The summed E-state index contributed by atoms with van der Waals surface area (Å²) in [4.78, 5) is 27.8. The third kappa shape index (κ3) is 5.45. The molecule has 0 aliphatic rings. The molecule has 0 atom stereocenters. The SMILES string of the molecule is C=CCn1c(SCC(=O)Nc2sc(C)c(C)c2C(=O)OC)nnc1-c1ccc(N(C)C)cc1. The molecule has 0 bridgehead atoms. The van der Waals surface area contributed by atoms with Crippen LogP contribution in [0.3, 0.4) is 0 Å². The summed E-state index contributed by atoms with van der Waals surface area (Å²) in [5.74, 6) is 0.123. The van der Waals surface area contributed by atoms with Crippen molar-refractivity contribution in [2.45, 2.75) is 25.5 Å². The number of methoxy groups -OCH3 is 1. The molecule has 0 fully saturated rings. The lowest BCUT2D eigenvalue weighted by molar-refractivity contribution is -0.113. The third-order valence-electron chi connectivity index (χ3n) is 5.03. The van der Waals surface area contributed by atoms with E-state index in [1.54, 1.807) is 6.08 Å². The van der Waals surface area contributed by atoms with Gasteiger partial charge in [-0.2, -0.15) is 0 Å². The van der Waals surface area contributed by atoms with Gasteiger partial charge in [0.15, 0.2) is 11.0 Å². The van der Waals surface area contributed by atoms with E-state index in [1.807, 2.05) is 61.7 Å². The Bertz CT molecular complexity index is 1170. The van der Waals surface area contributed by atoms with Gasteiger partial charge in [0, 0.05) is 36.8 Å². The van der Waals surface area contributed by atoms with E-state index in [2.05, 4.69) is 22.1 Å². The van der Waals surface area contributed by atoms with Crippen LogP contribution in [-0.2, 0) is 16.1 Å². The van der Waals surface area contributed by atoms with Gasteiger partial charge in [-0.25, -0.2) is 4.79 Å². The highest BCUT2D eigenvalue weighted by molar-refractivity contribution is 7.99. The lowest BCUT2D eigenvalue weighted by Crippen LogP contribution is -2.16. The summed E-state index contributed by atoms with van der Waals surface area (Å²) in [7, 11) is 5.30. The van der Waals surface area contributed by atoms with Crippen molar-refractivity contribution in [3.8, 4) is 11.4 Å². The maximum atomic E-state index is 12.7. The fraction of sp³-hybridized carbons (Fsp3) is 0.304. The Kier molecular flexibility index (Phi) is 7.93. The maximum absolute atomic E-state index is 12.7. The van der Waals surface area contributed by atoms with Crippen LogP contribution in [0.2, 0.25) is 0 Å². The van der Waals surface area contributed by atoms with Crippen LogP contribution in [0, 0.1) is 13.8 Å². The minimum Gasteiger partial charge on any atom is -0.465 e.